The second kappa shape index (κ2) is 3.87. The smallest absolute Gasteiger partial charge is 0.296 e. The van der Waals surface area contributed by atoms with E-state index in [1.165, 1.54) is 18.2 Å². The van der Waals surface area contributed by atoms with Crippen LogP contribution in [0.4, 0.5) is 13.2 Å². The summed E-state index contributed by atoms with van der Waals surface area (Å²) >= 11 is 0. The molecule has 1 aromatic carbocycles. The van der Waals surface area contributed by atoms with E-state index in [0.717, 1.165) is 6.07 Å². The molecular formula is C11H8F3NO2. The van der Waals surface area contributed by atoms with E-state index in [1.807, 2.05) is 5.32 Å². The number of imide groups is 1. The first-order chi connectivity index (χ1) is 7.89. The number of carbonyl (C=O) groups is 2. The molecule has 1 aromatic rings. The van der Waals surface area contributed by atoms with Gasteiger partial charge in [0.2, 0.25) is 11.8 Å². The maximum Gasteiger partial charge on any atom is 0.416 e. The Kier molecular flexibility index (Phi) is 2.65. The van der Waals surface area contributed by atoms with Crippen molar-refractivity contribution in [3.8, 4) is 0 Å². The lowest BCUT2D eigenvalue weighted by Crippen LogP contribution is -2.22. The molecule has 1 aliphatic rings. The Balaban J connectivity index is 2.46. The third kappa shape index (κ3) is 2.15. The molecule has 1 aliphatic heterocycles. The van der Waals surface area contributed by atoms with Crippen LogP contribution in [0.5, 0.6) is 0 Å². The van der Waals surface area contributed by atoms with Gasteiger partial charge in [0.15, 0.2) is 0 Å². The number of alkyl halides is 3. The van der Waals surface area contributed by atoms with Crippen molar-refractivity contribution in [2.75, 3.05) is 0 Å². The molecular weight excluding hydrogens is 235 g/mol. The fraction of sp³-hybridized carbons (Fsp3) is 0.273. The molecule has 6 heteroatoms. The third-order valence-corrected chi connectivity index (χ3v) is 2.61. The van der Waals surface area contributed by atoms with E-state index >= 15 is 0 Å². The average Bonchev–Trinajstić information content (AvgIpc) is 2.56. The number of halogens is 3. The Hall–Kier alpha value is -1.85. The van der Waals surface area contributed by atoms with Crippen molar-refractivity contribution in [1.29, 1.82) is 0 Å². The Labute approximate surface area is 94.6 Å². The van der Waals surface area contributed by atoms with Gasteiger partial charge in [0, 0.05) is 6.42 Å². The zero-order valence-electron chi connectivity index (χ0n) is 8.54. The molecule has 1 N–H and O–H groups in total. The van der Waals surface area contributed by atoms with Gasteiger partial charge in [-0.05, 0) is 11.6 Å². The van der Waals surface area contributed by atoms with E-state index in [2.05, 4.69) is 0 Å². The van der Waals surface area contributed by atoms with E-state index in [9.17, 15) is 22.8 Å². The lowest BCUT2D eigenvalue weighted by Gasteiger charge is -2.15. The number of rotatable bonds is 1. The highest BCUT2D eigenvalue weighted by Crippen LogP contribution is 2.37. The zero-order chi connectivity index (χ0) is 12.6. The van der Waals surface area contributed by atoms with Gasteiger partial charge in [-0.25, -0.2) is 0 Å². The average molecular weight is 243 g/mol. The summed E-state index contributed by atoms with van der Waals surface area (Å²) in [6.07, 6.45) is -4.76. The molecule has 3 nitrogen and oxygen atoms in total. The molecule has 2 amide bonds. The van der Waals surface area contributed by atoms with Gasteiger partial charge in [0.1, 0.15) is 0 Å². The van der Waals surface area contributed by atoms with Crippen LogP contribution in [0.25, 0.3) is 0 Å². The van der Waals surface area contributed by atoms with E-state index in [-0.39, 0.29) is 12.0 Å². The first-order valence-electron chi connectivity index (χ1n) is 4.89. The number of hydrogen-bond donors (Lipinski definition) is 1. The minimum atomic E-state index is -4.53. The minimum Gasteiger partial charge on any atom is -0.296 e. The number of benzene rings is 1. The van der Waals surface area contributed by atoms with Gasteiger partial charge >= 0.3 is 6.18 Å². The molecule has 0 spiro atoms. The highest BCUT2D eigenvalue weighted by atomic mass is 19.4. The van der Waals surface area contributed by atoms with Crippen molar-refractivity contribution in [2.24, 2.45) is 0 Å². The summed E-state index contributed by atoms with van der Waals surface area (Å²) in [5, 5.41) is 2.00. The molecule has 1 unspecified atom stereocenters. The second-order valence-corrected chi connectivity index (χ2v) is 3.75. The largest absolute Gasteiger partial charge is 0.416 e. The highest BCUT2D eigenvalue weighted by molar-refractivity contribution is 6.06. The van der Waals surface area contributed by atoms with Gasteiger partial charge in [0.25, 0.3) is 0 Å². The normalized spacial score (nSPS) is 20.5. The summed E-state index contributed by atoms with van der Waals surface area (Å²) in [5.41, 5.74) is -1.02. The fourth-order valence-corrected chi connectivity index (χ4v) is 1.86. The molecule has 0 aromatic heterocycles. The van der Waals surface area contributed by atoms with Gasteiger partial charge in [-0.15, -0.1) is 0 Å². The lowest BCUT2D eigenvalue weighted by molar-refractivity contribution is -0.138. The molecule has 0 bridgehead atoms. The SMILES string of the molecule is O=C1CC(c2ccccc2C(F)(F)F)C(=O)N1. The van der Waals surface area contributed by atoms with Crippen LogP contribution in [0.1, 0.15) is 23.5 Å². The summed E-state index contributed by atoms with van der Waals surface area (Å²) in [4.78, 5) is 22.4. The number of nitrogens with one attached hydrogen (secondary N) is 1. The first kappa shape index (κ1) is 11.6. The quantitative estimate of drug-likeness (QED) is 0.765. The predicted octanol–water partition coefficient (Wildman–Crippen LogP) is 1.84. The zero-order valence-corrected chi connectivity index (χ0v) is 8.54. The maximum absolute atomic E-state index is 12.7. The predicted molar refractivity (Wildman–Crippen MR) is 52.0 cm³/mol. The Morgan fingerprint density at radius 2 is 1.82 bits per heavy atom. The summed E-state index contributed by atoms with van der Waals surface area (Å²) in [7, 11) is 0. The van der Waals surface area contributed by atoms with Crippen molar-refractivity contribution in [3.63, 3.8) is 0 Å². The molecule has 2 rings (SSSR count). The van der Waals surface area contributed by atoms with Crippen LogP contribution in [-0.2, 0) is 15.8 Å². The van der Waals surface area contributed by atoms with Crippen LogP contribution in [0.3, 0.4) is 0 Å². The third-order valence-electron chi connectivity index (χ3n) is 2.61. The Bertz CT molecular complexity index is 482. The van der Waals surface area contributed by atoms with E-state index in [1.54, 1.807) is 0 Å². The molecule has 1 atom stereocenters. The maximum atomic E-state index is 12.7. The molecule has 17 heavy (non-hydrogen) atoms. The molecule has 1 fully saturated rings. The molecule has 0 aliphatic carbocycles. The highest BCUT2D eigenvalue weighted by Gasteiger charge is 2.39. The van der Waals surface area contributed by atoms with E-state index in [0.29, 0.717) is 0 Å². The van der Waals surface area contributed by atoms with Crippen molar-refractivity contribution in [2.45, 2.75) is 18.5 Å². The van der Waals surface area contributed by atoms with Gasteiger partial charge in [-0.1, -0.05) is 18.2 Å². The number of hydrogen-bond acceptors (Lipinski definition) is 2. The lowest BCUT2D eigenvalue weighted by atomic mass is 9.92. The van der Waals surface area contributed by atoms with Crippen LogP contribution in [0, 0.1) is 0 Å². The monoisotopic (exact) mass is 243 g/mol. The summed E-state index contributed by atoms with van der Waals surface area (Å²) in [6, 6.07) is 4.80. The van der Waals surface area contributed by atoms with E-state index < -0.39 is 29.5 Å². The second-order valence-electron chi connectivity index (χ2n) is 3.75. The fourth-order valence-electron chi connectivity index (χ4n) is 1.86. The minimum absolute atomic E-state index is 0.150. The Morgan fingerprint density at radius 3 is 2.35 bits per heavy atom. The van der Waals surface area contributed by atoms with Crippen molar-refractivity contribution >= 4 is 11.8 Å². The van der Waals surface area contributed by atoms with E-state index in [4.69, 9.17) is 0 Å². The molecule has 0 saturated carbocycles. The van der Waals surface area contributed by atoms with Crippen LogP contribution >= 0.6 is 0 Å². The van der Waals surface area contributed by atoms with Gasteiger partial charge < -0.3 is 0 Å². The Morgan fingerprint density at radius 1 is 1.18 bits per heavy atom. The molecule has 1 saturated heterocycles. The molecule has 90 valence electrons. The first-order valence-corrected chi connectivity index (χ1v) is 4.89. The van der Waals surface area contributed by atoms with Crippen LogP contribution in [-0.4, -0.2) is 11.8 Å². The summed E-state index contributed by atoms with van der Waals surface area (Å²) < 4.78 is 38.1. The van der Waals surface area contributed by atoms with Crippen LogP contribution in [0.2, 0.25) is 0 Å². The summed E-state index contributed by atoms with van der Waals surface area (Å²) in [6.45, 7) is 0. The van der Waals surface area contributed by atoms with Crippen molar-refractivity contribution in [3.05, 3.63) is 35.4 Å². The number of amides is 2. The molecule has 0 radical (unpaired) electrons. The van der Waals surface area contributed by atoms with Crippen molar-refractivity contribution in [1.82, 2.24) is 5.32 Å². The topological polar surface area (TPSA) is 46.2 Å². The number of carbonyl (C=O) groups excluding carboxylic acids is 2. The molecule has 1 heterocycles. The van der Waals surface area contributed by atoms with Crippen LogP contribution in [0.15, 0.2) is 24.3 Å². The van der Waals surface area contributed by atoms with Gasteiger partial charge in [-0.2, -0.15) is 13.2 Å². The van der Waals surface area contributed by atoms with Crippen molar-refractivity contribution < 1.29 is 22.8 Å². The summed E-state index contributed by atoms with van der Waals surface area (Å²) in [5.74, 6) is -2.26. The van der Waals surface area contributed by atoms with Gasteiger partial charge in [0.05, 0.1) is 11.5 Å². The standard InChI is InChI=1S/C11H8F3NO2/c12-11(13,14)8-4-2-1-3-6(8)7-5-9(16)15-10(7)17/h1-4,7H,5H2,(H,15,16,17). The van der Waals surface area contributed by atoms with Gasteiger partial charge in [-0.3, -0.25) is 14.9 Å². The van der Waals surface area contributed by atoms with Crippen LogP contribution < -0.4 is 5.32 Å².